The van der Waals surface area contributed by atoms with Crippen molar-refractivity contribution in [2.75, 3.05) is 11.4 Å². The van der Waals surface area contributed by atoms with Gasteiger partial charge in [0.05, 0.1) is 5.69 Å². The highest BCUT2D eigenvalue weighted by atomic mass is 16.4. The average molecular weight is 358 g/mol. The van der Waals surface area contributed by atoms with Crippen molar-refractivity contribution < 1.29 is 19.8 Å². The fraction of sp³-hybridized carbons (Fsp3) is 0.600. The number of carboxylic acids is 1. The molecule has 1 aliphatic heterocycles. The van der Waals surface area contributed by atoms with E-state index < -0.39 is 12.1 Å². The lowest BCUT2D eigenvalue weighted by Gasteiger charge is -2.41. The third kappa shape index (κ3) is 3.18. The molecule has 0 bridgehead atoms. The smallest absolute Gasteiger partial charge is 0.412 e. The van der Waals surface area contributed by atoms with Crippen molar-refractivity contribution in [3.63, 3.8) is 0 Å². The molecule has 2 fully saturated rings. The minimum Gasteiger partial charge on any atom is -0.481 e. The molecule has 0 aromatic heterocycles. The van der Waals surface area contributed by atoms with Gasteiger partial charge in [-0.25, -0.2) is 4.79 Å². The van der Waals surface area contributed by atoms with Crippen molar-refractivity contribution in [3.8, 4) is 0 Å². The zero-order valence-electron chi connectivity index (χ0n) is 14.9. The Hall–Kier alpha value is -2.08. The Bertz CT molecular complexity index is 703. The van der Waals surface area contributed by atoms with Gasteiger partial charge in [0.1, 0.15) is 0 Å². The van der Waals surface area contributed by atoms with Crippen molar-refractivity contribution in [2.45, 2.75) is 63.1 Å². The highest BCUT2D eigenvalue weighted by Crippen LogP contribution is 2.46. The van der Waals surface area contributed by atoms with Crippen LogP contribution in [-0.2, 0) is 11.2 Å². The Morgan fingerprint density at radius 3 is 2.58 bits per heavy atom. The predicted octanol–water partition coefficient (Wildman–Crippen LogP) is 3.20. The van der Waals surface area contributed by atoms with Gasteiger partial charge in [-0.2, -0.15) is 0 Å². The number of para-hydroxylation sites is 1. The summed E-state index contributed by atoms with van der Waals surface area (Å²) in [4.78, 5) is 26.9. The molecular formula is C20H26N2O4. The molecule has 26 heavy (non-hydrogen) atoms. The molecule has 1 aromatic rings. The standard InChI is InChI=1S/C20H26N2O4/c23-19(24)6-3-11-21(14-7-8-14)17-9-10-18-15(17)12-13-4-1-2-5-16(13)22(18)20(25)26/h1-2,4-5,14-15,17-18H,3,6-12H2,(H,23,24)(H,25,26). The summed E-state index contributed by atoms with van der Waals surface area (Å²) in [5.74, 6) is -0.444. The van der Waals surface area contributed by atoms with Crippen LogP contribution in [-0.4, -0.2) is 51.8 Å². The summed E-state index contributed by atoms with van der Waals surface area (Å²) in [6, 6.07) is 8.80. The monoisotopic (exact) mass is 358 g/mol. The normalized spacial score (nSPS) is 27.3. The molecule has 6 nitrogen and oxygen atoms in total. The Balaban J connectivity index is 1.57. The summed E-state index contributed by atoms with van der Waals surface area (Å²) in [6.07, 6.45) is 5.16. The van der Waals surface area contributed by atoms with Crippen LogP contribution in [0.4, 0.5) is 10.5 Å². The zero-order chi connectivity index (χ0) is 18.3. The number of carboxylic acid groups (broad SMARTS) is 2. The van der Waals surface area contributed by atoms with Gasteiger partial charge < -0.3 is 10.2 Å². The first-order valence-electron chi connectivity index (χ1n) is 9.64. The maximum absolute atomic E-state index is 12.0. The van der Waals surface area contributed by atoms with Crippen LogP contribution < -0.4 is 4.90 Å². The molecule has 4 rings (SSSR count). The second-order valence-corrected chi connectivity index (χ2v) is 7.83. The average Bonchev–Trinajstić information content (AvgIpc) is 3.36. The lowest BCUT2D eigenvalue weighted by Crippen LogP contribution is -2.51. The highest BCUT2D eigenvalue weighted by Gasteiger charge is 2.49. The van der Waals surface area contributed by atoms with Crippen LogP contribution in [0, 0.1) is 5.92 Å². The first-order chi connectivity index (χ1) is 12.6. The molecule has 1 amide bonds. The van der Waals surface area contributed by atoms with Gasteiger partial charge in [0.25, 0.3) is 0 Å². The summed E-state index contributed by atoms with van der Waals surface area (Å²) in [7, 11) is 0. The molecule has 1 heterocycles. The number of fused-ring (bicyclic) bond motifs is 2. The third-order valence-electron chi connectivity index (χ3n) is 6.24. The highest BCUT2D eigenvalue weighted by molar-refractivity contribution is 5.88. The number of hydrogen-bond donors (Lipinski definition) is 2. The van der Waals surface area contributed by atoms with Crippen molar-refractivity contribution in [3.05, 3.63) is 29.8 Å². The minimum absolute atomic E-state index is 0.0353. The van der Waals surface area contributed by atoms with Gasteiger partial charge in [-0.05, 0) is 62.6 Å². The minimum atomic E-state index is -0.864. The summed E-state index contributed by atoms with van der Waals surface area (Å²) in [5, 5.41) is 18.8. The molecule has 0 spiro atoms. The second-order valence-electron chi connectivity index (χ2n) is 7.83. The number of benzene rings is 1. The zero-order valence-corrected chi connectivity index (χ0v) is 14.9. The van der Waals surface area contributed by atoms with E-state index in [1.165, 1.54) is 12.8 Å². The Morgan fingerprint density at radius 2 is 1.88 bits per heavy atom. The summed E-state index contributed by atoms with van der Waals surface area (Å²) >= 11 is 0. The van der Waals surface area contributed by atoms with E-state index in [0.717, 1.165) is 37.1 Å². The first kappa shape index (κ1) is 17.3. The lowest BCUT2D eigenvalue weighted by molar-refractivity contribution is -0.137. The maximum atomic E-state index is 12.0. The number of rotatable bonds is 6. The molecule has 6 heteroatoms. The van der Waals surface area contributed by atoms with E-state index in [4.69, 9.17) is 5.11 Å². The van der Waals surface area contributed by atoms with E-state index in [2.05, 4.69) is 4.90 Å². The van der Waals surface area contributed by atoms with Gasteiger partial charge in [0.2, 0.25) is 0 Å². The Morgan fingerprint density at radius 1 is 1.12 bits per heavy atom. The van der Waals surface area contributed by atoms with Gasteiger partial charge in [-0.3, -0.25) is 14.6 Å². The molecule has 3 unspecified atom stereocenters. The topological polar surface area (TPSA) is 81.1 Å². The van der Waals surface area contributed by atoms with Crippen molar-refractivity contribution in [2.24, 2.45) is 5.92 Å². The van der Waals surface area contributed by atoms with E-state index in [1.54, 1.807) is 4.90 Å². The van der Waals surface area contributed by atoms with Crippen LogP contribution in [0.3, 0.4) is 0 Å². The van der Waals surface area contributed by atoms with Crippen LogP contribution in [0.25, 0.3) is 0 Å². The summed E-state index contributed by atoms with van der Waals surface area (Å²) in [6.45, 7) is 0.805. The van der Waals surface area contributed by atoms with Gasteiger partial charge in [-0.15, -0.1) is 0 Å². The van der Waals surface area contributed by atoms with E-state index >= 15 is 0 Å². The summed E-state index contributed by atoms with van der Waals surface area (Å²) in [5.41, 5.74) is 1.95. The molecule has 0 saturated heterocycles. The molecule has 2 N–H and O–H groups in total. The number of hydrogen-bond acceptors (Lipinski definition) is 3. The Labute approximate surface area is 153 Å². The number of anilines is 1. The SMILES string of the molecule is O=C(O)CCCN(C1CC1)C1CCC2C1Cc1ccccc1N2C(=O)O. The number of aliphatic carboxylic acids is 1. The Kier molecular flexibility index (Phi) is 4.61. The number of amides is 1. The molecule has 2 aliphatic carbocycles. The lowest BCUT2D eigenvalue weighted by atomic mass is 9.85. The van der Waals surface area contributed by atoms with E-state index in [9.17, 15) is 14.7 Å². The molecule has 3 atom stereocenters. The number of carbonyl (C=O) groups is 2. The molecular weight excluding hydrogens is 332 g/mol. The van der Waals surface area contributed by atoms with Gasteiger partial charge in [0.15, 0.2) is 0 Å². The summed E-state index contributed by atoms with van der Waals surface area (Å²) < 4.78 is 0. The van der Waals surface area contributed by atoms with Gasteiger partial charge in [-0.1, -0.05) is 18.2 Å². The van der Waals surface area contributed by atoms with Crippen molar-refractivity contribution in [1.29, 1.82) is 0 Å². The van der Waals surface area contributed by atoms with Crippen LogP contribution in [0.15, 0.2) is 24.3 Å². The van der Waals surface area contributed by atoms with Crippen molar-refractivity contribution in [1.82, 2.24) is 4.90 Å². The van der Waals surface area contributed by atoms with Crippen LogP contribution >= 0.6 is 0 Å². The van der Waals surface area contributed by atoms with Crippen molar-refractivity contribution >= 4 is 17.7 Å². The molecule has 2 saturated carbocycles. The van der Waals surface area contributed by atoms with Gasteiger partial charge >= 0.3 is 12.1 Å². The fourth-order valence-electron chi connectivity index (χ4n) is 5.06. The molecule has 140 valence electrons. The number of nitrogens with zero attached hydrogens (tertiary/aromatic N) is 2. The maximum Gasteiger partial charge on any atom is 0.412 e. The molecule has 1 aromatic carbocycles. The van der Waals surface area contributed by atoms with E-state index in [1.807, 2.05) is 24.3 Å². The van der Waals surface area contributed by atoms with Crippen LogP contribution in [0.1, 0.15) is 44.1 Å². The third-order valence-corrected chi connectivity index (χ3v) is 6.24. The van der Waals surface area contributed by atoms with Crippen LogP contribution in [0.2, 0.25) is 0 Å². The predicted molar refractivity (Wildman–Crippen MR) is 97.5 cm³/mol. The largest absolute Gasteiger partial charge is 0.481 e. The first-order valence-corrected chi connectivity index (χ1v) is 9.64. The molecule has 0 radical (unpaired) electrons. The van der Waals surface area contributed by atoms with Crippen LogP contribution in [0.5, 0.6) is 0 Å². The van der Waals surface area contributed by atoms with Gasteiger partial charge in [0, 0.05) is 24.5 Å². The van der Waals surface area contributed by atoms with E-state index in [-0.39, 0.29) is 12.5 Å². The molecule has 3 aliphatic rings. The quantitative estimate of drug-likeness (QED) is 0.816. The van der Waals surface area contributed by atoms with E-state index in [0.29, 0.717) is 24.4 Å². The fourth-order valence-corrected chi connectivity index (χ4v) is 5.06. The second kappa shape index (κ2) is 6.91.